The van der Waals surface area contributed by atoms with Crippen molar-refractivity contribution in [1.82, 2.24) is 5.32 Å². The van der Waals surface area contributed by atoms with E-state index in [4.69, 9.17) is 11.6 Å². The number of rotatable bonds is 4. The van der Waals surface area contributed by atoms with Crippen LogP contribution >= 0.6 is 0 Å². The van der Waals surface area contributed by atoms with Crippen molar-refractivity contribution in [3.05, 3.63) is 65.2 Å². The van der Waals surface area contributed by atoms with Gasteiger partial charge in [0.05, 0.1) is 11.6 Å². The Balaban J connectivity index is 2.01. The van der Waals surface area contributed by atoms with E-state index in [9.17, 15) is 27.9 Å². The number of alkyl halides is 3. The zero-order chi connectivity index (χ0) is 26.2. The highest BCUT2D eigenvalue weighted by Crippen LogP contribution is 2.41. The second-order valence-corrected chi connectivity index (χ2v) is 6.56. The summed E-state index contributed by atoms with van der Waals surface area (Å²) in [5.74, 6) is 0. The van der Waals surface area contributed by atoms with Gasteiger partial charge in [0, 0.05) is 18.6 Å². The summed E-state index contributed by atoms with van der Waals surface area (Å²) in [5, 5.41) is 14.2. The van der Waals surface area contributed by atoms with Crippen LogP contribution in [0.2, 0.25) is 0 Å². The molecule has 1 N–H and O–H groups in total. The van der Waals surface area contributed by atoms with Crippen LogP contribution in [0.25, 0.3) is 0 Å². The van der Waals surface area contributed by atoms with Crippen molar-refractivity contribution < 1.29 is 39.5 Å². The molecule has 2 atom stereocenters. The molecule has 6 nitrogen and oxygen atoms in total. The van der Waals surface area contributed by atoms with Gasteiger partial charge < -0.3 is 24.9 Å². The summed E-state index contributed by atoms with van der Waals surface area (Å²) in [7, 11) is 0. The Hall–Kier alpha value is -3.23. The number of amides is 2. The highest BCUT2D eigenvalue weighted by molar-refractivity contribution is 5.88. The van der Waals surface area contributed by atoms with Gasteiger partial charge in [-0.3, -0.25) is 0 Å². The van der Waals surface area contributed by atoms with Crippen molar-refractivity contribution in [3.8, 4) is 0 Å². The van der Waals surface area contributed by atoms with Gasteiger partial charge in [-0.15, -0.1) is 0 Å². The molecule has 2 aromatic carbocycles. The molecule has 0 radical (unpaired) electrons. The zero-order valence-electron chi connectivity index (χ0n) is 20.4. The van der Waals surface area contributed by atoms with Gasteiger partial charge in [0.1, 0.15) is 12.7 Å². The fourth-order valence-electron chi connectivity index (χ4n) is 3.25. The van der Waals surface area contributed by atoms with Gasteiger partial charge in [-0.05, 0) is 42.1 Å². The number of nitrogens with one attached hydrogen (secondary N) is 1. The predicted molar refractivity (Wildman–Crippen MR) is 101 cm³/mol. The molecular weight excluding hydrogens is 401 g/mol. The third kappa shape index (κ3) is 4.67. The van der Waals surface area contributed by atoms with E-state index >= 15 is 0 Å². The molecule has 9 heteroatoms. The number of carbonyl (C=O) groups is 2. The minimum Gasteiger partial charge on any atom is -0.530 e. The molecule has 2 amide bonds. The molecule has 2 aromatic rings. The first-order chi connectivity index (χ1) is 16.1. The van der Waals surface area contributed by atoms with Crippen LogP contribution in [0.15, 0.2) is 48.5 Å². The van der Waals surface area contributed by atoms with E-state index in [0.29, 0.717) is 17.7 Å². The van der Waals surface area contributed by atoms with E-state index in [2.05, 4.69) is 5.32 Å². The summed E-state index contributed by atoms with van der Waals surface area (Å²) in [6, 6.07) is 7.13. The van der Waals surface area contributed by atoms with Crippen molar-refractivity contribution in [2.45, 2.75) is 44.5 Å². The molecule has 160 valence electrons. The van der Waals surface area contributed by atoms with Crippen LogP contribution in [-0.2, 0) is 17.5 Å². The highest BCUT2D eigenvalue weighted by atomic mass is 19.4. The van der Waals surface area contributed by atoms with Gasteiger partial charge in [0.25, 0.3) is 0 Å². The summed E-state index contributed by atoms with van der Waals surface area (Å²) >= 11 is 0. The van der Waals surface area contributed by atoms with Crippen LogP contribution in [0, 0.1) is 0 Å². The van der Waals surface area contributed by atoms with E-state index in [1.807, 2.05) is 0 Å². The first-order valence-electron chi connectivity index (χ1n) is 11.3. The number of benzene rings is 2. The molecule has 2 unspecified atom stereocenters. The molecule has 3 rings (SSSR count). The minimum atomic E-state index is -4.80. The Labute approximate surface area is 178 Å². The largest absolute Gasteiger partial charge is 0.530 e. The normalized spacial score (nSPS) is 21.8. The fraction of sp³-hybridized carbons (Fsp3) is 0.333. The number of halogens is 3. The number of carbonyl (C=O) groups excluding carboxylic acids is 2. The molecule has 0 spiro atoms. The van der Waals surface area contributed by atoms with E-state index in [1.54, 1.807) is 30.3 Å². The van der Waals surface area contributed by atoms with Gasteiger partial charge >= 0.3 is 12.3 Å². The number of carboxylic acid groups (broad SMARTS) is 1. The third-order valence-corrected chi connectivity index (χ3v) is 4.63. The molecule has 0 aliphatic carbocycles. The topological polar surface area (TPSA) is 81.7 Å². The van der Waals surface area contributed by atoms with Gasteiger partial charge in [0.15, 0.2) is 0 Å². The maximum Gasteiger partial charge on any atom is 0.416 e. The summed E-state index contributed by atoms with van der Waals surface area (Å²) < 4.78 is 83.9. The van der Waals surface area contributed by atoms with E-state index in [0.717, 1.165) is 6.07 Å². The third-order valence-electron chi connectivity index (χ3n) is 4.63. The molecule has 1 aliphatic heterocycles. The van der Waals surface area contributed by atoms with Crippen LogP contribution in [-0.4, -0.2) is 18.2 Å². The van der Waals surface area contributed by atoms with Crippen LogP contribution in [0.5, 0.6) is 0 Å². The van der Waals surface area contributed by atoms with Crippen LogP contribution in [0.3, 0.4) is 0 Å². The molecule has 0 bridgehead atoms. The Morgan fingerprint density at radius 2 is 2.03 bits per heavy atom. The molecule has 0 saturated carbocycles. The average molecular weight is 426 g/mol. The summed E-state index contributed by atoms with van der Waals surface area (Å²) in [6.07, 6.45) is -11.7. The first kappa shape index (κ1) is 15.6. The number of ether oxygens (including phenoxy) is 1. The minimum absolute atomic E-state index is 0.181. The Morgan fingerprint density at radius 3 is 2.67 bits per heavy atom. The first-order valence-corrected chi connectivity index (χ1v) is 8.81. The van der Waals surface area contributed by atoms with E-state index < -0.39 is 61.3 Å². The number of hydrogen-bond donors (Lipinski definition) is 1. The van der Waals surface area contributed by atoms with Gasteiger partial charge in [-0.1, -0.05) is 37.2 Å². The second-order valence-electron chi connectivity index (χ2n) is 6.56. The number of fused-ring (bicyclic) bond motifs is 1. The number of anilines is 1. The van der Waals surface area contributed by atoms with Gasteiger partial charge in [0.2, 0.25) is 0 Å². The van der Waals surface area contributed by atoms with Gasteiger partial charge in [-0.25, -0.2) is 4.79 Å². The lowest BCUT2D eigenvalue weighted by Crippen LogP contribution is -2.52. The van der Waals surface area contributed by atoms with Gasteiger partial charge in [-0.2, -0.15) is 13.2 Å². The lowest BCUT2D eigenvalue weighted by molar-refractivity contribution is -0.247. The van der Waals surface area contributed by atoms with Crippen molar-refractivity contribution in [2.24, 2.45) is 0 Å². The quantitative estimate of drug-likeness (QED) is 0.801. The Kier molecular flexibility index (Phi) is 4.49. The van der Waals surface area contributed by atoms with E-state index in [-0.39, 0.29) is 17.1 Å². The van der Waals surface area contributed by atoms with Crippen molar-refractivity contribution in [2.75, 3.05) is 4.90 Å². The molecule has 1 aliphatic rings. The van der Waals surface area contributed by atoms with Crippen molar-refractivity contribution in [1.29, 1.82) is 0 Å². The highest BCUT2D eigenvalue weighted by Gasteiger charge is 2.37. The molecule has 0 saturated heterocycles. The standard InChI is InChI=1S/C21H21F3N2O4/c1-2-15-11-17(25-19(27)30-12-13-6-4-3-5-7-13)16-10-14(21(22,23)24)8-9-18(16)26(15)20(28)29/h3-10,15,17H,2,11-12H2,1H3,(H,25,27)(H,28,29)/p-1/i1D3,2D2. The van der Waals surface area contributed by atoms with Crippen LogP contribution < -0.4 is 15.3 Å². The lowest BCUT2D eigenvalue weighted by atomic mass is 9.89. The maximum atomic E-state index is 13.3. The van der Waals surface area contributed by atoms with Crippen LogP contribution in [0.1, 0.15) is 49.2 Å². The zero-order valence-corrected chi connectivity index (χ0v) is 15.4. The monoisotopic (exact) mass is 426 g/mol. The van der Waals surface area contributed by atoms with E-state index in [1.165, 1.54) is 0 Å². The molecular formula is C21H20F3N2O4-. The lowest BCUT2D eigenvalue weighted by Gasteiger charge is -2.42. The van der Waals surface area contributed by atoms with Crippen molar-refractivity contribution >= 4 is 17.9 Å². The number of nitrogens with zero attached hydrogens (tertiary/aromatic N) is 1. The molecule has 0 fully saturated rings. The molecule has 1 heterocycles. The fourth-order valence-corrected chi connectivity index (χ4v) is 3.25. The van der Waals surface area contributed by atoms with Crippen molar-refractivity contribution in [3.63, 3.8) is 0 Å². The SMILES string of the molecule is [2H]C([2H])([2H])C([2H])([2H])C1CC(NC(=O)OCc2ccccc2)c2cc(C(F)(F)F)ccc2N1C(=O)[O-]. The second kappa shape index (κ2) is 8.64. The predicted octanol–water partition coefficient (Wildman–Crippen LogP) is 4.00. The maximum absolute atomic E-state index is 13.3. The molecule has 30 heavy (non-hydrogen) atoms. The summed E-state index contributed by atoms with van der Waals surface area (Å²) in [4.78, 5) is 24.6. The van der Waals surface area contributed by atoms with Crippen LogP contribution in [0.4, 0.5) is 28.4 Å². The number of hydrogen-bond acceptors (Lipinski definition) is 4. The average Bonchev–Trinajstić information content (AvgIpc) is 2.76. The molecule has 0 aromatic heterocycles. The Bertz CT molecular complexity index is 1100. The number of alkyl carbamates (subject to hydrolysis) is 1. The Morgan fingerprint density at radius 1 is 1.30 bits per heavy atom. The summed E-state index contributed by atoms with van der Waals surface area (Å²) in [6.45, 7) is -3.48. The summed E-state index contributed by atoms with van der Waals surface area (Å²) in [5.41, 5.74) is -1.27. The smallest absolute Gasteiger partial charge is 0.416 e.